The fraction of sp³-hybridized carbons (Fsp3) is 0.692. The molecule has 1 unspecified atom stereocenters. The van der Waals surface area contributed by atoms with Crippen molar-refractivity contribution < 1.29 is 4.79 Å². The van der Waals surface area contributed by atoms with Gasteiger partial charge >= 0.3 is 0 Å². The molecule has 1 amide bonds. The third-order valence-electron chi connectivity index (χ3n) is 4.18. The van der Waals surface area contributed by atoms with E-state index in [0.29, 0.717) is 11.6 Å². The molecule has 2 saturated heterocycles. The largest absolute Gasteiger partial charge is 0.337 e. The zero-order valence-electron chi connectivity index (χ0n) is 11.4. The Morgan fingerprint density at radius 3 is 2.84 bits per heavy atom. The summed E-state index contributed by atoms with van der Waals surface area (Å²) < 4.78 is 0. The number of piperazine rings is 1. The molecule has 0 saturated carbocycles. The SMILES string of the molecule is Cc1[nH]ncc1C(=O)N1CCC(N2CCNCC2)C1. The summed E-state index contributed by atoms with van der Waals surface area (Å²) in [5.41, 5.74) is 1.57. The maximum atomic E-state index is 12.4. The van der Waals surface area contributed by atoms with Gasteiger partial charge in [-0.05, 0) is 13.3 Å². The van der Waals surface area contributed by atoms with Crippen molar-refractivity contribution in [2.45, 2.75) is 19.4 Å². The Kier molecular flexibility index (Phi) is 3.52. The summed E-state index contributed by atoms with van der Waals surface area (Å²) in [7, 11) is 0. The van der Waals surface area contributed by atoms with E-state index in [0.717, 1.165) is 51.4 Å². The monoisotopic (exact) mass is 263 g/mol. The van der Waals surface area contributed by atoms with Gasteiger partial charge in [-0.15, -0.1) is 0 Å². The van der Waals surface area contributed by atoms with Crippen LogP contribution in [0.5, 0.6) is 0 Å². The lowest BCUT2D eigenvalue weighted by molar-refractivity contribution is 0.0773. The van der Waals surface area contributed by atoms with Gasteiger partial charge in [0.1, 0.15) is 0 Å². The molecule has 104 valence electrons. The first-order valence-electron chi connectivity index (χ1n) is 6.99. The second-order valence-electron chi connectivity index (χ2n) is 5.39. The highest BCUT2D eigenvalue weighted by atomic mass is 16.2. The summed E-state index contributed by atoms with van der Waals surface area (Å²) in [6.45, 7) is 7.91. The molecule has 0 aromatic carbocycles. The molecule has 2 aliphatic rings. The average molecular weight is 263 g/mol. The van der Waals surface area contributed by atoms with Crippen molar-refractivity contribution in [3.63, 3.8) is 0 Å². The number of nitrogens with zero attached hydrogens (tertiary/aromatic N) is 3. The van der Waals surface area contributed by atoms with Gasteiger partial charge in [0.25, 0.3) is 5.91 Å². The van der Waals surface area contributed by atoms with Crippen LogP contribution in [0.3, 0.4) is 0 Å². The molecule has 0 spiro atoms. The van der Waals surface area contributed by atoms with Crippen molar-refractivity contribution >= 4 is 5.91 Å². The fourth-order valence-corrected chi connectivity index (χ4v) is 3.01. The van der Waals surface area contributed by atoms with Crippen LogP contribution in [0.1, 0.15) is 22.5 Å². The molecule has 2 aliphatic heterocycles. The van der Waals surface area contributed by atoms with Crippen molar-refractivity contribution in [2.24, 2.45) is 0 Å². The lowest BCUT2D eigenvalue weighted by Crippen LogP contribution is -2.49. The van der Waals surface area contributed by atoms with Crippen LogP contribution in [0.15, 0.2) is 6.20 Å². The zero-order valence-corrected chi connectivity index (χ0v) is 11.4. The molecule has 6 nitrogen and oxygen atoms in total. The second-order valence-corrected chi connectivity index (χ2v) is 5.39. The predicted molar refractivity (Wildman–Crippen MR) is 72.1 cm³/mol. The highest BCUT2D eigenvalue weighted by molar-refractivity contribution is 5.95. The minimum absolute atomic E-state index is 0.115. The van der Waals surface area contributed by atoms with Crippen molar-refractivity contribution in [2.75, 3.05) is 39.3 Å². The molecular formula is C13H21N5O. The normalized spacial score (nSPS) is 24.9. The lowest BCUT2D eigenvalue weighted by atomic mass is 10.2. The van der Waals surface area contributed by atoms with Crippen LogP contribution in [0.25, 0.3) is 0 Å². The lowest BCUT2D eigenvalue weighted by Gasteiger charge is -2.32. The molecule has 1 aromatic rings. The van der Waals surface area contributed by atoms with Gasteiger partial charge in [0.05, 0.1) is 11.8 Å². The first kappa shape index (κ1) is 12.6. The number of nitrogens with one attached hydrogen (secondary N) is 2. The Labute approximate surface area is 113 Å². The first-order valence-corrected chi connectivity index (χ1v) is 6.99. The Morgan fingerprint density at radius 2 is 2.16 bits per heavy atom. The number of H-pyrrole nitrogens is 1. The number of amides is 1. The summed E-state index contributed by atoms with van der Waals surface area (Å²) in [4.78, 5) is 16.9. The summed E-state index contributed by atoms with van der Waals surface area (Å²) in [5, 5.41) is 10.1. The van der Waals surface area contributed by atoms with E-state index in [1.165, 1.54) is 0 Å². The van der Waals surface area contributed by atoms with Crippen LogP contribution in [-0.2, 0) is 0 Å². The molecule has 3 heterocycles. The highest BCUT2D eigenvalue weighted by Crippen LogP contribution is 2.19. The van der Waals surface area contributed by atoms with Crippen molar-refractivity contribution in [3.05, 3.63) is 17.5 Å². The van der Waals surface area contributed by atoms with Crippen LogP contribution in [0, 0.1) is 6.92 Å². The van der Waals surface area contributed by atoms with Gasteiger partial charge in [-0.25, -0.2) is 0 Å². The molecule has 1 atom stereocenters. The standard InChI is InChI=1S/C13H21N5O/c1-10-12(8-15-16-10)13(19)18-5-2-11(9-18)17-6-3-14-4-7-17/h8,11,14H,2-7,9H2,1H3,(H,15,16). The smallest absolute Gasteiger partial charge is 0.257 e. The van der Waals surface area contributed by atoms with E-state index in [9.17, 15) is 4.79 Å². The minimum atomic E-state index is 0.115. The number of hydrogen-bond donors (Lipinski definition) is 2. The molecule has 19 heavy (non-hydrogen) atoms. The van der Waals surface area contributed by atoms with E-state index < -0.39 is 0 Å². The van der Waals surface area contributed by atoms with Crippen LogP contribution in [0.4, 0.5) is 0 Å². The zero-order chi connectivity index (χ0) is 13.2. The van der Waals surface area contributed by atoms with E-state index in [1.54, 1.807) is 6.20 Å². The van der Waals surface area contributed by atoms with Crippen LogP contribution >= 0.6 is 0 Å². The van der Waals surface area contributed by atoms with Gasteiger partial charge in [-0.2, -0.15) is 5.10 Å². The quantitative estimate of drug-likeness (QED) is 0.778. The molecule has 6 heteroatoms. The van der Waals surface area contributed by atoms with Crippen LogP contribution in [0.2, 0.25) is 0 Å². The van der Waals surface area contributed by atoms with Gasteiger partial charge in [0.15, 0.2) is 0 Å². The van der Waals surface area contributed by atoms with Gasteiger partial charge in [-0.3, -0.25) is 14.8 Å². The maximum absolute atomic E-state index is 12.4. The summed E-state index contributed by atoms with van der Waals surface area (Å²) >= 11 is 0. The van der Waals surface area contributed by atoms with Crippen LogP contribution < -0.4 is 5.32 Å². The predicted octanol–water partition coefficient (Wildman–Crippen LogP) is -0.162. The summed E-state index contributed by atoms with van der Waals surface area (Å²) in [5.74, 6) is 0.115. The highest BCUT2D eigenvalue weighted by Gasteiger charge is 2.31. The first-order chi connectivity index (χ1) is 9.25. The Balaban J connectivity index is 1.62. The number of aromatic amines is 1. The van der Waals surface area contributed by atoms with Gasteiger partial charge < -0.3 is 10.2 Å². The number of aryl methyl sites for hydroxylation is 1. The summed E-state index contributed by atoms with van der Waals surface area (Å²) in [6.07, 6.45) is 2.72. The van der Waals surface area contributed by atoms with E-state index in [2.05, 4.69) is 20.4 Å². The fourth-order valence-electron chi connectivity index (χ4n) is 3.01. The average Bonchev–Trinajstić information content (AvgIpc) is 3.08. The van der Waals surface area contributed by atoms with E-state index in [1.807, 2.05) is 11.8 Å². The molecule has 0 bridgehead atoms. The number of rotatable bonds is 2. The number of hydrogen-bond acceptors (Lipinski definition) is 4. The Bertz CT molecular complexity index is 452. The number of carbonyl (C=O) groups excluding carboxylic acids is 1. The maximum Gasteiger partial charge on any atom is 0.257 e. The number of likely N-dealkylation sites (tertiary alicyclic amines) is 1. The Hall–Kier alpha value is -1.40. The topological polar surface area (TPSA) is 64.3 Å². The second kappa shape index (κ2) is 5.30. The van der Waals surface area contributed by atoms with Crippen LogP contribution in [-0.4, -0.2) is 71.2 Å². The minimum Gasteiger partial charge on any atom is -0.337 e. The molecule has 3 rings (SSSR count). The summed E-state index contributed by atoms with van der Waals surface area (Å²) in [6, 6.07) is 0.526. The van der Waals surface area contributed by atoms with E-state index in [4.69, 9.17) is 0 Å². The molecular weight excluding hydrogens is 242 g/mol. The molecule has 0 radical (unpaired) electrons. The third-order valence-corrected chi connectivity index (χ3v) is 4.18. The molecule has 2 N–H and O–H groups in total. The van der Waals surface area contributed by atoms with E-state index in [-0.39, 0.29) is 5.91 Å². The third kappa shape index (κ3) is 2.50. The van der Waals surface area contributed by atoms with Gasteiger partial charge in [0, 0.05) is 51.0 Å². The molecule has 0 aliphatic carbocycles. The van der Waals surface area contributed by atoms with Gasteiger partial charge in [0.2, 0.25) is 0 Å². The van der Waals surface area contributed by atoms with Crippen molar-refractivity contribution in [1.29, 1.82) is 0 Å². The van der Waals surface area contributed by atoms with Crippen molar-refractivity contribution in [3.8, 4) is 0 Å². The van der Waals surface area contributed by atoms with E-state index >= 15 is 0 Å². The van der Waals surface area contributed by atoms with Crippen molar-refractivity contribution in [1.82, 2.24) is 25.3 Å². The van der Waals surface area contributed by atoms with Gasteiger partial charge in [-0.1, -0.05) is 0 Å². The molecule has 1 aromatic heterocycles. The number of carbonyl (C=O) groups is 1. The number of aromatic nitrogens is 2. The molecule has 2 fully saturated rings. The Morgan fingerprint density at radius 1 is 1.37 bits per heavy atom.